The van der Waals surface area contributed by atoms with Gasteiger partial charge in [-0.2, -0.15) is 10.4 Å². The Balaban J connectivity index is 1.11. The zero-order valence-electron chi connectivity index (χ0n) is 23.4. The second-order valence-electron chi connectivity index (χ2n) is 11.6. The van der Waals surface area contributed by atoms with Crippen LogP contribution >= 0.6 is 11.6 Å². The molecule has 10 nitrogen and oxygen atoms in total. The smallest absolute Gasteiger partial charge is 0.271 e. The van der Waals surface area contributed by atoms with Gasteiger partial charge in [0.25, 0.3) is 5.91 Å². The van der Waals surface area contributed by atoms with Crippen molar-refractivity contribution in [3.63, 3.8) is 0 Å². The average Bonchev–Trinajstić information content (AvgIpc) is 3.32. The molecular formula is C32H27ClN8O2. The molecule has 0 spiro atoms. The quantitative estimate of drug-likeness (QED) is 0.296. The number of aliphatic hydroxyl groups is 1. The molecule has 0 radical (unpaired) electrons. The summed E-state index contributed by atoms with van der Waals surface area (Å²) in [5, 5.41) is 27.9. The number of pyridine rings is 4. The molecule has 0 aromatic carbocycles. The van der Waals surface area contributed by atoms with Crippen molar-refractivity contribution in [2.75, 3.05) is 18.0 Å². The SMILES string of the molecule is CC(C)(O)c1ccc(-c2cc(-c3ccc(N4CC5C(NC(=O)c6ncccc6Cl)[C@H]5C4)nc3)c3c(C#N)cnn3c2)nc1. The molecule has 2 unspecified atom stereocenters. The Hall–Kier alpha value is -4.85. The van der Waals surface area contributed by atoms with E-state index in [0.717, 1.165) is 41.3 Å². The molecule has 3 atom stereocenters. The van der Waals surface area contributed by atoms with Crippen molar-refractivity contribution in [3.05, 3.63) is 95.3 Å². The number of halogens is 1. The molecule has 1 amide bonds. The van der Waals surface area contributed by atoms with Crippen LogP contribution in [0.1, 0.15) is 35.5 Å². The lowest BCUT2D eigenvalue weighted by atomic mass is 9.99. The van der Waals surface area contributed by atoms with Gasteiger partial charge in [0, 0.05) is 78.0 Å². The Morgan fingerprint density at radius 2 is 1.88 bits per heavy atom. The minimum absolute atomic E-state index is 0.106. The highest BCUT2D eigenvalue weighted by Gasteiger charge is 2.56. The van der Waals surface area contributed by atoms with E-state index < -0.39 is 5.60 Å². The van der Waals surface area contributed by atoms with Crippen molar-refractivity contribution >= 4 is 28.8 Å². The van der Waals surface area contributed by atoms with Crippen LogP contribution < -0.4 is 10.2 Å². The van der Waals surface area contributed by atoms with Crippen LogP contribution in [0, 0.1) is 23.2 Å². The highest BCUT2D eigenvalue weighted by atomic mass is 35.5. The monoisotopic (exact) mass is 590 g/mol. The van der Waals surface area contributed by atoms with Crippen molar-refractivity contribution in [2.24, 2.45) is 11.8 Å². The average molecular weight is 591 g/mol. The molecular weight excluding hydrogens is 564 g/mol. The third kappa shape index (κ3) is 4.86. The van der Waals surface area contributed by atoms with Crippen LogP contribution in [0.15, 0.2) is 73.4 Å². The Morgan fingerprint density at radius 1 is 1.07 bits per heavy atom. The number of carbonyl (C=O) groups excluding carboxylic acids is 1. The van der Waals surface area contributed by atoms with Crippen LogP contribution in [0.3, 0.4) is 0 Å². The van der Waals surface area contributed by atoms with E-state index in [0.29, 0.717) is 33.5 Å². The van der Waals surface area contributed by atoms with Crippen LogP contribution in [-0.2, 0) is 5.60 Å². The minimum atomic E-state index is -0.990. The first-order valence-corrected chi connectivity index (χ1v) is 14.3. The first-order chi connectivity index (χ1) is 20.7. The van der Waals surface area contributed by atoms with Gasteiger partial charge in [0.05, 0.1) is 33.6 Å². The number of nitriles is 1. The molecule has 1 aliphatic heterocycles. The first kappa shape index (κ1) is 27.0. The lowest BCUT2D eigenvalue weighted by Crippen LogP contribution is -2.35. The summed E-state index contributed by atoms with van der Waals surface area (Å²) in [7, 11) is 0. The molecule has 5 aromatic heterocycles. The van der Waals surface area contributed by atoms with Crippen LogP contribution in [0.2, 0.25) is 5.02 Å². The molecule has 214 valence electrons. The van der Waals surface area contributed by atoms with Gasteiger partial charge in [-0.15, -0.1) is 0 Å². The molecule has 1 aliphatic carbocycles. The molecule has 0 bridgehead atoms. The van der Waals surface area contributed by atoms with Gasteiger partial charge >= 0.3 is 0 Å². The second-order valence-corrected chi connectivity index (χ2v) is 12.0. The summed E-state index contributed by atoms with van der Waals surface area (Å²) in [4.78, 5) is 28.3. The highest BCUT2D eigenvalue weighted by molar-refractivity contribution is 6.33. The summed E-state index contributed by atoms with van der Waals surface area (Å²) in [5.41, 5.74) is 4.35. The summed E-state index contributed by atoms with van der Waals surface area (Å²) in [6.07, 6.45) is 8.46. The molecule has 7 rings (SSSR count). The van der Waals surface area contributed by atoms with Gasteiger partial charge in [0.2, 0.25) is 0 Å². The first-order valence-electron chi connectivity index (χ1n) is 13.9. The highest BCUT2D eigenvalue weighted by Crippen LogP contribution is 2.47. The van der Waals surface area contributed by atoms with Crippen LogP contribution in [0.4, 0.5) is 5.82 Å². The zero-order chi connectivity index (χ0) is 29.9. The van der Waals surface area contributed by atoms with Gasteiger partial charge in [-0.3, -0.25) is 9.78 Å². The number of rotatable bonds is 6. The van der Waals surface area contributed by atoms with E-state index >= 15 is 0 Å². The van der Waals surface area contributed by atoms with Crippen molar-refractivity contribution in [3.8, 4) is 28.5 Å². The van der Waals surface area contributed by atoms with Gasteiger partial charge < -0.3 is 15.3 Å². The topological polar surface area (TPSA) is 132 Å². The number of aromatic nitrogens is 5. The maximum atomic E-state index is 12.6. The number of nitrogens with one attached hydrogen (secondary N) is 1. The molecule has 43 heavy (non-hydrogen) atoms. The number of anilines is 1. The predicted molar refractivity (Wildman–Crippen MR) is 161 cm³/mol. The predicted octanol–water partition coefficient (Wildman–Crippen LogP) is 4.47. The van der Waals surface area contributed by atoms with E-state index in [1.807, 2.05) is 42.7 Å². The van der Waals surface area contributed by atoms with Gasteiger partial charge in [-0.05, 0) is 50.2 Å². The van der Waals surface area contributed by atoms with E-state index in [9.17, 15) is 15.2 Å². The van der Waals surface area contributed by atoms with Crippen LogP contribution in [0.5, 0.6) is 0 Å². The molecule has 1 saturated heterocycles. The fraction of sp³-hybridized carbons (Fsp3) is 0.250. The largest absolute Gasteiger partial charge is 0.386 e. The van der Waals surface area contributed by atoms with Crippen LogP contribution in [0.25, 0.3) is 27.9 Å². The summed E-state index contributed by atoms with van der Waals surface area (Å²) >= 11 is 6.13. The van der Waals surface area contributed by atoms with E-state index in [2.05, 4.69) is 31.4 Å². The lowest BCUT2D eigenvalue weighted by Gasteiger charge is -2.21. The Bertz CT molecular complexity index is 1900. The molecule has 2 fully saturated rings. The minimum Gasteiger partial charge on any atom is -0.386 e. The van der Waals surface area contributed by atoms with Gasteiger partial charge in [0.15, 0.2) is 0 Å². The number of hydrogen-bond donors (Lipinski definition) is 2. The number of piperidine rings is 1. The molecule has 2 aliphatic rings. The number of hydrogen-bond acceptors (Lipinski definition) is 8. The Kier molecular flexibility index (Phi) is 6.38. The normalized spacial score (nSPS) is 19.2. The number of nitrogens with zero attached hydrogens (tertiary/aromatic N) is 7. The number of carbonyl (C=O) groups is 1. The van der Waals surface area contributed by atoms with Gasteiger partial charge in [-0.1, -0.05) is 17.7 Å². The van der Waals surface area contributed by atoms with Crippen LogP contribution in [-0.4, -0.2) is 54.7 Å². The maximum Gasteiger partial charge on any atom is 0.271 e. The van der Waals surface area contributed by atoms with Crippen molar-refractivity contribution in [1.82, 2.24) is 29.9 Å². The summed E-state index contributed by atoms with van der Waals surface area (Å²) in [6.45, 7) is 5.04. The molecule has 6 heterocycles. The second kappa shape index (κ2) is 10.2. The number of fused-ring (bicyclic) bond motifs is 2. The zero-order valence-corrected chi connectivity index (χ0v) is 24.2. The molecule has 1 saturated carbocycles. The van der Waals surface area contributed by atoms with Crippen molar-refractivity contribution in [2.45, 2.75) is 25.5 Å². The maximum absolute atomic E-state index is 12.6. The summed E-state index contributed by atoms with van der Waals surface area (Å²) in [5.74, 6) is 1.32. The Morgan fingerprint density at radius 3 is 2.53 bits per heavy atom. The van der Waals surface area contributed by atoms with Gasteiger partial charge in [-0.25, -0.2) is 14.5 Å². The number of amides is 1. The molecule has 2 N–H and O–H groups in total. The third-order valence-corrected chi connectivity index (χ3v) is 8.65. The van der Waals surface area contributed by atoms with Crippen molar-refractivity contribution in [1.29, 1.82) is 5.26 Å². The van der Waals surface area contributed by atoms with E-state index in [1.165, 1.54) is 0 Å². The molecule has 5 aromatic rings. The van der Waals surface area contributed by atoms with Gasteiger partial charge in [0.1, 0.15) is 17.6 Å². The van der Waals surface area contributed by atoms with Crippen molar-refractivity contribution < 1.29 is 9.90 Å². The summed E-state index contributed by atoms with van der Waals surface area (Å²) < 4.78 is 1.70. The van der Waals surface area contributed by atoms with E-state index in [-0.39, 0.29) is 17.6 Å². The Labute approximate surface area is 252 Å². The summed E-state index contributed by atoms with van der Waals surface area (Å²) in [6, 6.07) is 15.4. The van der Waals surface area contributed by atoms with E-state index in [4.69, 9.17) is 16.6 Å². The fourth-order valence-corrected chi connectivity index (χ4v) is 6.13. The molecule has 11 heteroatoms. The standard InChI is InChI=1S/C32H27ClN8O2/c1-32(2,43)21-6-7-26(36-14-21)19-10-22(30-20(11-34)13-38-41(30)15-19)18-5-8-27(37-12-18)40-16-23-24(17-40)28(23)39-31(42)29-25(33)4-3-9-35-29/h3-10,12-15,23-24,28,43H,16-17H2,1-2H3,(H,39,42)/t23-,24?,28?/m0/s1. The lowest BCUT2D eigenvalue weighted by molar-refractivity contribution is 0.0782. The third-order valence-electron chi connectivity index (χ3n) is 8.35. The fourth-order valence-electron chi connectivity index (χ4n) is 5.92. The van der Waals surface area contributed by atoms with E-state index in [1.54, 1.807) is 49.1 Å².